The van der Waals surface area contributed by atoms with Crippen molar-refractivity contribution < 1.29 is 14.7 Å². The summed E-state index contributed by atoms with van der Waals surface area (Å²) in [7, 11) is 0. The molecule has 1 saturated heterocycles. The van der Waals surface area contributed by atoms with Crippen LogP contribution < -0.4 is 5.73 Å². The van der Waals surface area contributed by atoms with E-state index in [1.165, 1.54) is 11.1 Å². The Hall–Kier alpha value is -4.39. The number of nitrogens with zero attached hydrogens (tertiary/aromatic N) is 6. The van der Waals surface area contributed by atoms with Crippen LogP contribution in [-0.4, -0.2) is 58.8 Å². The SMILES string of the molecule is CCC(=O)c1cnc(N)c2c(C#Cc3ccc4ccnn4c3)nn(C3CCN(C(=O)O)C3C(C)(C)C)c12. The Morgan fingerprint density at radius 3 is 2.70 bits per heavy atom. The van der Waals surface area contributed by atoms with Gasteiger partial charge in [-0.1, -0.05) is 33.6 Å². The predicted molar refractivity (Wildman–Crippen MR) is 139 cm³/mol. The van der Waals surface area contributed by atoms with Gasteiger partial charge in [0.2, 0.25) is 0 Å². The fraction of sp³-hybridized carbons (Fsp3) is 0.370. The third kappa shape index (κ3) is 4.16. The lowest BCUT2D eigenvalue weighted by Gasteiger charge is -2.37. The minimum Gasteiger partial charge on any atom is -0.465 e. The zero-order valence-corrected chi connectivity index (χ0v) is 21.3. The van der Waals surface area contributed by atoms with Gasteiger partial charge in [-0.05, 0) is 36.0 Å². The lowest BCUT2D eigenvalue weighted by Crippen LogP contribution is -2.46. The van der Waals surface area contributed by atoms with Gasteiger partial charge in [0.15, 0.2) is 5.78 Å². The van der Waals surface area contributed by atoms with Crippen molar-refractivity contribution in [1.82, 2.24) is 29.3 Å². The van der Waals surface area contributed by atoms with Crippen molar-refractivity contribution in [3.63, 3.8) is 0 Å². The summed E-state index contributed by atoms with van der Waals surface area (Å²) >= 11 is 0. The van der Waals surface area contributed by atoms with E-state index in [1.54, 1.807) is 22.3 Å². The van der Waals surface area contributed by atoms with E-state index in [4.69, 9.17) is 10.8 Å². The molecule has 0 spiro atoms. The molecular formula is C27H29N7O3. The van der Waals surface area contributed by atoms with Gasteiger partial charge in [0, 0.05) is 37.1 Å². The van der Waals surface area contributed by atoms with Gasteiger partial charge in [0.1, 0.15) is 11.5 Å². The molecule has 1 amide bonds. The average molecular weight is 500 g/mol. The number of aromatic nitrogens is 5. The number of carboxylic acid groups (broad SMARTS) is 1. The molecule has 0 aromatic carbocycles. The highest BCUT2D eigenvalue weighted by Gasteiger charge is 2.46. The number of Topliss-reactive ketones (excluding diaryl/α,β-unsaturated/α-hetero) is 1. The third-order valence-corrected chi connectivity index (χ3v) is 6.91. The van der Waals surface area contributed by atoms with Gasteiger partial charge in [-0.15, -0.1) is 0 Å². The topological polar surface area (TPSA) is 132 Å². The van der Waals surface area contributed by atoms with Crippen molar-refractivity contribution in [3.05, 3.63) is 53.6 Å². The molecule has 0 saturated carbocycles. The van der Waals surface area contributed by atoms with E-state index in [1.807, 2.05) is 45.2 Å². The van der Waals surface area contributed by atoms with Crippen LogP contribution in [0.3, 0.4) is 0 Å². The second-order valence-corrected chi connectivity index (χ2v) is 10.4. The van der Waals surface area contributed by atoms with E-state index in [0.29, 0.717) is 35.1 Å². The molecule has 0 bridgehead atoms. The largest absolute Gasteiger partial charge is 0.465 e. The van der Waals surface area contributed by atoms with Crippen LogP contribution in [0.2, 0.25) is 0 Å². The lowest BCUT2D eigenvalue weighted by atomic mass is 9.82. The molecule has 10 nitrogen and oxygen atoms in total. The summed E-state index contributed by atoms with van der Waals surface area (Å²) in [6.45, 7) is 8.19. The number of nitrogens with two attached hydrogens (primary N) is 1. The van der Waals surface area contributed by atoms with Crippen molar-refractivity contribution >= 4 is 34.1 Å². The van der Waals surface area contributed by atoms with Crippen molar-refractivity contribution in [2.24, 2.45) is 5.41 Å². The maximum absolute atomic E-state index is 13.0. The Balaban J connectivity index is 1.72. The number of likely N-dealkylation sites (tertiary alicyclic amines) is 1. The number of rotatable bonds is 3. The van der Waals surface area contributed by atoms with Gasteiger partial charge in [-0.2, -0.15) is 10.2 Å². The molecule has 1 fully saturated rings. The number of carbonyl (C=O) groups is 2. The van der Waals surface area contributed by atoms with Crippen molar-refractivity contribution in [2.75, 3.05) is 12.3 Å². The summed E-state index contributed by atoms with van der Waals surface area (Å²) in [4.78, 5) is 30.8. The highest BCUT2D eigenvalue weighted by atomic mass is 16.4. The highest BCUT2D eigenvalue weighted by molar-refractivity contribution is 6.09. The Labute approximate surface area is 214 Å². The standard InChI is InChI=1S/C27H29N7O3/c1-5-21(35)18-14-29-25(28)22-19(9-7-16-6-8-17-10-12-30-33(17)15-16)31-34(23(18)22)20-11-13-32(26(36)37)24(20)27(2,3)4/h6,8,10,12,14-15,20,24H,5,11,13H2,1-4H3,(H2,28,29)(H,36,37). The normalized spacial score (nSPS) is 17.8. The minimum atomic E-state index is -0.973. The van der Waals surface area contributed by atoms with E-state index in [0.717, 1.165) is 11.1 Å². The first-order valence-corrected chi connectivity index (χ1v) is 12.2. The number of nitrogen functional groups attached to an aromatic ring is 1. The zero-order chi connectivity index (χ0) is 26.5. The number of anilines is 1. The van der Waals surface area contributed by atoms with Crippen LogP contribution in [0.25, 0.3) is 16.4 Å². The summed E-state index contributed by atoms with van der Waals surface area (Å²) in [6.07, 6.45) is 4.89. The van der Waals surface area contributed by atoms with Crippen molar-refractivity contribution in [2.45, 2.75) is 52.6 Å². The third-order valence-electron chi connectivity index (χ3n) is 6.91. The first kappa shape index (κ1) is 24.3. The number of hydrogen-bond donors (Lipinski definition) is 2. The summed E-state index contributed by atoms with van der Waals surface area (Å²) in [6, 6.07) is 5.05. The quantitative estimate of drug-likeness (QED) is 0.322. The van der Waals surface area contributed by atoms with Gasteiger partial charge >= 0.3 is 6.09 Å². The molecule has 190 valence electrons. The molecule has 4 aromatic rings. The van der Waals surface area contributed by atoms with Crippen LogP contribution in [0.1, 0.15) is 68.2 Å². The lowest BCUT2D eigenvalue weighted by molar-refractivity contribution is 0.0910. The summed E-state index contributed by atoms with van der Waals surface area (Å²) in [5.41, 5.74) is 9.01. The molecular weight excluding hydrogens is 470 g/mol. The van der Waals surface area contributed by atoms with E-state index in [-0.39, 0.29) is 35.5 Å². The Morgan fingerprint density at radius 1 is 1.22 bits per heavy atom. The van der Waals surface area contributed by atoms with E-state index < -0.39 is 6.09 Å². The van der Waals surface area contributed by atoms with Crippen LogP contribution in [0.4, 0.5) is 10.6 Å². The van der Waals surface area contributed by atoms with Crippen LogP contribution >= 0.6 is 0 Å². The van der Waals surface area contributed by atoms with Crippen LogP contribution in [0.5, 0.6) is 0 Å². The fourth-order valence-electron chi connectivity index (χ4n) is 5.33. The summed E-state index contributed by atoms with van der Waals surface area (Å²) in [5, 5.41) is 19.5. The van der Waals surface area contributed by atoms with Crippen LogP contribution in [0, 0.1) is 17.3 Å². The van der Waals surface area contributed by atoms with E-state index in [2.05, 4.69) is 21.9 Å². The summed E-state index contributed by atoms with van der Waals surface area (Å²) < 4.78 is 3.51. The van der Waals surface area contributed by atoms with Crippen LogP contribution in [-0.2, 0) is 0 Å². The number of hydrogen-bond acceptors (Lipinski definition) is 6. The number of amides is 1. The Kier molecular flexibility index (Phi) is 5.86. The zero-order valence-electron chi connectivity index (χ0n) is 21.3. The number of pyridine rings is 2. The maximum Gasteiger partial charge on any atom is 0.407 e. The Morgan fingerprint density at radius 2 is 2.00 bits per heavy atom. The van der Waals surface area contributed by atoms with Crippen molar-refractivity contribution in [3.8, 4) is 11.8 Å². The Bertz CT molecular complexity index is 1600. The number of carbonyl (C=O) groups excluding carboxylic acids is 1. The molecule has 2 unspecified atom stereocenters. The van der Waals surface area contributed by atoms with E-state index >= 15 is 0 Å². The second-order valence-electron chi connectivity index (χ2n) is 10.4. The molecule has 1 aliphatic rings. The number of fused-ring (bicyclic) bond motifs is 2. The smallest absolute Gasteiger partial charge is 0.407 e. The van der Waals surface area contributed by atoms with Gasteiger partial charge in [0.25, 0.3) is 0 Å². The minimum absolute atomic E-state index is 0.0947. The monoisotopic (exact) mass is 499 g/mol. The maximum atomic E-state index is 13.0. The molecule has 1 aliphatic heterocycles. The average Bonchev–Trinajstić information content (AvgIpc) is 3.58. The molecule has 0 aliphatic carbocycles. The molecule has 3 N–H and O–H groups in total. The van der Waals surface area contributed by atoms with Crippen LogP contribution in [0.15, 0.2) is 36.8 Å². The summed E-state index contributed by atoms with van der Waals surface area (Å²) in [5.74, 6) is 6.40. The van der Waals surface area contributed by atoms with Crippen molar-refractivity contribution in [1.29, 1.82) is 0 Å². The molecule has 5 heterocycles. The predicted octanol–water partition coefficient (Wildman–Crippen LogP) is 3.99. The first-order valence-electron chi connectivity index (χ1n) is 12.2. The molecule has 10 heteroatoms. The van der Waals surface area contributed by atoms with Gasteiger partial charge in [0.05, 0.1) is 34.1 Å². The number of ketones is 1. The second kappa shape index (κ2) is 8.92. The van der Waals surface area contributed by atoms with Gasteiger partial charge in [-0.25, -0.2) is 14.3 Å². The molecule has 2 atom stereocenters. The molecule has 5 rings (SSSR count). The molecule has 0 radical (unpaired) electrons. The van der Waals surface area contributed by atoms with Gasteiger partial charge in [-0.3, -0.25) is 9.48 Å². The van der Waals surface area contributed by atoms with Gasteiger partial charge < -0.3 is 15.7 Å². The van der Waals surface area contributed by atoms with E-state index in [9.17, 15) is 14.7 Å². The molecule has 37 heavy (non-hydrogen) atoms. The highest BCUT2D eigenvalue weighted by Crippen LogP contribution is 2.42. The fourth-order valence-corrected chi connectivity index (χ4v) is 5.33. The molecule has 4 aromatic heterocycles. The first-order chi connectivity index (χ1) is 17.6.